The number of nitrogens with zero attached hydrogens (tertiary/aromatic N) is 1. The van der Waals surface area contributed by atoms with Crippen molar-refractivity contribution in [2.45, 2.75) is 19.6 Å². The molecule has 0 unspecified atom stereocenters. The second-order valence-electron chi connectivity index (χ2n) is 7.07. The molecule has 3 aromatic carbocycles. The summed E-state index contributed by atoms with van der Waals surface area (Å²) < 4.78 is 64.3. The molecule has 170 valence electrons. The van der Waals surface area contributed by atoms with E-state index in [2.05, 4.69) is 0 Å². The normalized spacial score (nSPS) is 11.9. The monoisotopic (exact) mass is 486 g/mol. The van der Waals surface area contributed by atoms with Crippen LogP contribution in [0.3, 0.4) is 0 Å². The zero-order valence-electron chi connectivity index (χ0n) is 17.7. The molecule has 0 saturated carbocycles. The predicted molar refractivity (Wildman–Crippen MR) is 118 cm³/mol. The molecule has 10 heteroatoms. The van der Waals surface area contributed by atoms with Gasteiger partial charge in [-0.1, -0.05) is 0 Å². The Labute approximate surface area is 191 Å². The van der Waals surface area contributed by atoms with Crippen molar-refractivity contribution in [2.75, 3.05) is 14.2 Å². The largest absolute Gasteiger partial charge is 0.497 e. The van der Waals surface area contributed by atoms with Crippen LogP contribution in [0.1, 0.15) is 0 Å². The summed E-state index contributed by atoms with van der Waals surface area (Å²) in [7, 11) is -5.09. The second-order valence-corrected chi connectivity index (χ2v) is 10.9. The molecule has 0 aliphatic rings. The number of fused-ring (bicyclic) bond motifs is 1. The minimum atomic E-state index is -4.03. The maximum Gasteiger partial charge on any atom is 0.231 e. The lowest BCUT2D eigenvalue weighted by atomic mass is 10.2. The van der Waals surface area contributed by atoms with Crippen LogP contribution < -0.4 is 14.2 Å². The summed E-state index contributed by atoms with van der Waals surface area (Å²) >= 11 is 0. The van der Waals surface area contributed by atoms with Gasteiger partial charge in [-0.3, -0.25) is 5.21 Å². The summed E-state index contributed by atoms with van der Waals surface area (Å²) in [6.45, 7) is 0. The highest BCUT2D eigenvalue weighted by atomic mass is 32.2. The number of ether oxygens (including phenoxy) is 2. The third-order valence-corrected chi connectivity index (χ3v) is 8.84. The van der Waals surface area contributed by atoms with Gasteiger partial charge in [0.15, 0.2) is 0 Å². The zero-order valence-corrected chi connectivity index (χ0v) is 19.3. The zero-order chi connectivity index (χ0) is 23.8. The standard InChI is InChI=1S/C23H20NO7S2/c1-30-16-3-7-18(8-4-16)32(26,27)22-11-12-23(21-15-24(25)14-13-20(21)22)33(28,29)19-9-5-17(31-2)6-10-19/h3-15,25H,1-2H3/q+1. The third-order valence-electron chi connectivity index (χ3n) is 5.18. The van der Waals surface area contributed by atoms with Crippen LogP contribution in [-0.4, -0.2) is 36.3 Å². The molecule has 0 amide bonds. The van der Waals surface area contributed by atoms with E-state index in [4.69, 9.17) is 9.47 Å². The van der Waals surface area contributed by atoms with E-state index in [0.717, 1.165) is 0 Å². The van der Waals surface area contributed by atoms with Crippen molar-refractivity contribution in [1.29, 1.82) is 0 Å². The van der Waals surface area contributed by atoms with Crippen LogP contribution in [0, 0.1) is 0 Å². The van der Waals surface area contributed by atoms with Gasteiger partial charge in [0.05, 0.1) is 39.2 Å². The minimum absolute atomic E-state index is 0.00343. The van der Waals surface area contributed by atoms with Crippen molar-refractivity contribution in [1.82, 2.24) is 0 Å². The summed E-state index contributed by atoms with van der Waals surface area (Å²) in [5.74, 6) is 0.994. The Morgan fingerprint density at radius 3 is 1.48 bits per heavy atom. The first-order valence-corrected chi connectivity index (χ1v) is 12.6. The molecular weight excluding hydrogens is 466 g/mol. The topological polar surface area (TPSA) is 111 Å². The van der Waals surface area contributed by atoms with Gasteiger partial charge in [0.1, 0.15) is 11.5 Å². The Kier molecular flexibility index (Phi) is 5.73. The molecule has 1 heterocycles. The maximum absolute atomic E-state index is 13.4. The lowest BCUT2D eigenvalue weighted by molar-refractivity contribution is -0.904. The fraction of sp³-hybridized carbons (Fsp3) is 0.0870. The van der Waals surface area contributed by atoms with Crippen molar-refractivity contribution in [3.63, 3.8) is 0 Å². The van der Waals surface area contributed by atoms with Crippen molar-refractivity contribution in [2.24, 2.45) is 0 Å². The van der Waals surface area contributed by atoms with E-state index in [1.54, 1.807) is 0 Å². The van der Waals surface area contributed by atoms with Gasteiger partial charge in [-0.05, 0) is 60.7 Å². The lowest BCUT2D eigenvalue weighted by Crippen LogP contribution is -2.28. The van der Waals surface area contributed by atoms with Crippen molar-refractivity contribution in [3.8, 4) is 11.5 Å². The van der Waals surface area contributed by atoms with Gasteiger partial charge in [-0.15, -0.1) is 0 Å². The number of hydrogen-bond acceptors (Lipinski definition) is 7. The first-order chi connectivity index (χ1) is 15.7. The number of sulfone groups is 2. The third kappa shape index (κ3) is 3.98. The average Bonchev–Trinajstić information content (AvgIpc) is 2.83. The van der Waals surface area contributed by atoms with Gasteiger partial charge in [0.2, 0.25) is 32.1 Å². The highest BCUT2D eigenvalue weighted by molar-refractivity contribution is 7.92. The molecule has 1 aromatic heterocycles. The summed E-state index contributed by atoms with van der Waals surface area (Å²) in [4.78, 5) is -0.198. The SMILES string of the molecule is COc1ccc(S(=O)(=O)c2ccc(S(=O)(=O)c3ccc(OC)cc3)c3c[n+](O)ccc23)cc1. The molecule has 0 fully saturated rings. The first kappa shape index (κ1) is 22.6. The van der Waals surface area contributed by atoms with E-state index in [0.29, 0.717) is 16.2 Å². The summed E-state index contributed by atoms with van der Waals surface area (Å²) in [5, 5.41) is 10.2. The number of hydrogen-bond donors (Lipinski definition) is 1. The Morgan fingerprint density at radius 2 is 1.06 bits per heavy atom. The van der Waals surface area contributed by atoms with Gasteiger partial charge >= 0.3 is 0 Å². The van der Waals surface area contributed by atoms with Crippen molar-refractivity contribution < 1.29 is 36.2 Å². The number of methoxy groups -OCH3 is 2. The summed E-state index contributed by atoms with van der Waals surface area (Å²) in [6.07, 6.45) is 2.40. The Balaban J connectivity index is 1.93. The van der Waals surface area contributed by atoms with E-state index in [9.17, 15) is 22.0 Å². The molecular formula is C23H20NO7S2+. The molecule has 0 radical (unpaired) electrons. The summed E-state index contributed by atoms with van der Waals surface area (Å²) in [5.41, 5.74) is 0. The Hall–Kier alpha value is -3.63. The number of benzene rings is 3. The summed E-state index contributed by atoms with van der Waals surface area (Å²) in [6, 6.07) is 15.6. The molecule has 1 N–H and O–H groups in total. The Bertz CT molecular complexity index is 1550. The van der Waals surface area contributed by atoms with E-state index in [1.165, 1.54) is 93.3 Å². The predicted octanol–water partition coefficient (Wildman–Crippen LogP) is 3.05. The molecule has 4 rings (SSSR count). The molecule has 0 aliphatic carbocycles. The van der Waals surface area contributed by atoms with Gasteiger partial charge in [-0.25, -0.2) is 16.8 Å². The fourth-order valence-corrected chi connectivity index (χ4v) is 6.37. The highest BCUT2D eigenvalue weighted by Crippen LogP contribution is 2.34. The number of pyridine rings is 1. The van der Waals surface area contributed by atoms with Crippen LogP contribution in [0.25, 0.3) is 10.8 Å². The molecule has 0 bridgehead atoms. The quantitative estimate of drug-likeness (QED) is 0.329. The number of aromatic nitrogens is 1. The van der Waals surface area contributed by atoms with Gasteiger partial charge in [0, 0.05) is 16.2 Å². The molecule has 8 nitrogen and oxygen atoms in total. The van der Waals surface area contributed by atoms with Gasteiger partial charge in [-0.2, -0.15) is 0 Å². The maximum atomic E-state index is 13.4. The van der Waals surface area contributed by atoms with Crippen LogP contribution in [-0.2, 0) is 19.7 Å². The second kappa shape index (κ2) is 8.38. The van der Waals surface area contributed by atoms with Crippen LogP contribution in [0.5, 0.6) is 11.5 Å². The molecule has 0 aliphatic heterocycles. The molecule has 4 aromatic rings. The van der Waals surface area contributed by atoms with Crippen LogP contribution in [0.4, 0.5) is 0 Å². The molecule has 33 heavy (non-hydrogen) atoms. The van der Waals surface area contributed by atoms with Crippen molar-refractivity contribution in [3.05, 3.63) is 79.1 Å². The average molecular weight is 487 g/mol. The van der Waals surface area contributed by atoms with E-state index in [1.807, 2.05) is 0 Å². The highest BCUT2D eigenvalue weighted by Gasteiger charge is 2.28. The minimum Gasteiger partial charge on any atom is -0.497 e. The van der Waals surface area contributed by atoms with Crippen LogP contribution in [0.2, 0.25) is 0 Å². The van der Waals surface area contributed by atoms with Crippen LogP contribution >= 0.6 is 0 Å². The smallest absolute Gasteiger partial charge is 0.231 e. The first-order valence-electron chi connectivity index (χ1n) is 9.64. The number of rotatable bonds is 6. The lowest BCUT2D eigenvalue weighted by Gasteiger charge is -2.12. The van der Waals surface area contributed by atoms with E-state index >= 15 is 0 Å². The molecule has 0 spiro atoms. The molecule has 0 saturated heterocycles. The molecule has 0 atom stereocenters. The van der Waals surface area contributed by atoms with Crippen LogP contribution in [0.15, 0.2) is 98.7 Å². The van der Waals surface area contributed by atoms with Gasteiger partial charge < -0.3 is 9.47 Å². The van der Waals surface area contributed by atoms with Gasteiger partial charge in [0.25, 0.3) is 0 Å². The van der Waals surface area contributed by atoms with E-state index in [-0.39, 0.29) is 30.4 Å². The Morgan fingerprint density at radius 1 is 0.636 bits per heavy atom. The van der Waals surface area contributed by atoms with Crippen molar-refractivity contribution >= 4 is 30.4 Å². The van der Waals surface area contributed by atoms with E-state index < -0.39 is 19.7 Å². The fourth-order valence-electron chi connectivity index (χ4n) is 3.46.